The molecule has 2 aromatic rings. The molecule has 24 heavy (non-hydrogen) atoms. The van der Waals surface area contributed by atoms with E-state index in [4.69, 9.17) is 0 Å². The van der Waals surface area contributed by atoms with Crippen LogP contribution >= 0.6 is 27.3 Å². The highest BCUT2D eigenvalue weighted by Gasteiger charge is 2.33. The van der Waals surface area contributed by atoms with Crippen molar-refractivity contribution in [3.63, 3.8) is 0 Å². The van der Waals surface area contributed by atoms with E-state index in [-0.39, 0.29) is 0 Å². The summed E-state index contributed by atoms with van der Waals surface area (Å²) in [5.74, 6) is 0.588. The quantitative estimate of drug-likeness (QED) is 0.570. The zero-order valence-electron chi connectivity index (χ0n) is 12.8. The molecule has 0 bridgehead atoms. The fourth-order valence-corrected chi connectivity index (χ4v) is 2.92. The lowest BCUT2D eigenvalue weighted by Gasteiger charge is -2.11. The molecule has 0 aliphatic carbocycles. The van der Waals surface area contributed by atoms with Gasteiger partial charge in [0.15, 0.2) is 11.7 Å². The molecule has 2 rings (SSSR count). The molecule has 1 aromatic heterocycles. The summed E-state index contributed by atoms with van der Waals surface area (Å²) >= 11 is 4.39. The molecule has 0 saturated carbocycles. The summed E-state index contributed by atoms with van der Waals surface area (Å²) in [7, 11) is 1.64. The van der Waals surface area contributed by atoms with Crippen LogP contribution in [0.15, 0.2) is 39.1 Å². The Labute approximate surface area is 150 Å². The van der Waals surface area contributed by atoms with Gasteiger partial charge in [0.1, 0.15) is 0 Å². The van der Waals surface area contributed by atoms with Crippen molar-refractivity contribution in [1.29, 1.82) is 0 Å². The second kappa shape index (κ2) is 8.48. The number of aliphatic imine (C=N–C) groups is 1. The molecule has 0 radical (unpaired) electrons. The summed E-state index contributed by atoms with van der Waals surface area (Å²) in [5, 5.41) is 7.69. The molecule has 0 aliphatic heterocycles. The fourth-order valence-electron chi connectivity index (χ4n) is 1.85. The Bertz CT molecular complexity index is 683. The number of nitrogens with zero attached hydrogens (tertiary/aromatic N) is 2. The molecule has 9 heteroatoms. The third-order valence-electron chi connectivity index (χ3n) is 3.07. The van der Waals surface area contributed by atoms with Gasteiger partial charge in [-0.3, -0.25) is 4.99 Å². The maximum atomic E-state index is 12.5. The molecular weight excluding hydrogens is 405 g/mol. The molecule has 4 nitrogen and oxygen atoms in total. The Morgan fingerprint density at radius 2 is 1.96 bits per heavy atom. The number of halogens is 4. The Hall–Kier alpha value is -1.61. The van der Waals surface area contributed by atoms with E-state index >= 15 is 0 Å². The second-order valence-corrected chi connectivity index (χ2v) is 6.71. The summed E-state index contributed by atoms with van der Waals surface area (Å²) in [5.41, 5.74) is 0.260. The molecule has 0 fully saturated rings. The van der Waals surface area contributed by atoms with Crippen LogP contribution in [0.1, 0.15) is 16.3 Å². The predicted molar refractivity (Wildman–Crippen MR) is 93.2 cm³/mol. The molecular formula is C15H16BrF3N4S. The highest BCUT2D eigenvalue weighted by atomic mass is 79.9. The zero-order valence-corrected chi connectivity index (χ0v) is 15.2. The lowest BCUT2D eigenvalue weighted by atomic mass is 10.2. The second-order valence-electron chi connectivity index (χ2n) is 4.85. The van der Waals surface area contributed by atoms with E-state index in [1.807, 2.05) is 24.3 Å². The number of thiazole rings is 1. The number of rotatable bonds is 5. The summed E-state index contributed by atoms with van der Waals surface area (Å²) in [4.78, 5) is 7.68. The minimum Gasteiger partial charge on any atom is -0.356 e. The molecule has 0 spiro atoms. The first kappa shape index (κ1) is 18.7. The average Bonchev–Trinajstić information content (AvgIpc) is 3.01. The van der Waals surface area contributed by atoms with Gasteiger partial charge in [-0.1, -0.05) is 28.1 Å². The van der Waals surface area contributed by atoms with Gasteiger partial charge >= 0.3 is 6.18 Å². The number of nitrogens with one attached hydrogen (secondary N) is 2. The molecule has 2 N–H and O–H groups in total. The first-order chi connectivity index (χ1) is 11.4. The lowest BCUT2D eigenvalue weighted by molar-refractivity contribution is -0.140. The van der Waals surface area contributed by atoms with Gasteiger partial charge in [0, 0.05) is 36.4 Å². The lowest BCUT2D eigenvalue weighted by Crippen LogP contribution is -2.37. The summed E-state index contributed by atoms with van der Waals surface area (Å²) in [6, 6.07) is 7.87. The molecule has 0 amide bonds. The van der Waals surface area contributed by atoms with Crippen LogP contribution in [0.25, 0.3) is 0 Å². The van der Waals surface area contributed by atoms with Gasteiger partial charge in [-0.05, 0) is 17.7 Å². The maximum absolute atomic E-state index is 12.5. The van der Waals surface area contributed by atoms with Crippen molar-refractivity contribution < 1.29 is 13.2 Å². The third kappa shape index (κ3) is 5.79. The molecule has 0 saturated heterocycles. The first-order valence-corrected chi connectivity index (χ1v) is 8.76. The Kier molecular flexibility index (Phi) is 6.61. The number of hydrogen-bond donors (Lipinski definition) is 2. The monoisotopic (exact) mass is 420 g/mol. The molecule has 1 heterocycles. The van der Waals surface area contributed by atoms with E-state index in [2.05, 4.69) is 36.5 Å². The summed E-state index contributed by atoms with van der Waals surface area (Å²) < 4.78 is 38.5. The average molecular weight is 421 g/mol. The van der Waals surface area contributed by atoms with Crippen molar-refractivity contribution in [1.82, 2.24) is 15.6 Å². The fraction of sp³-hybridized carbons (Fsp3) is 0.333. The Morgan fingerprint density at radius 3 is 2.54 bits per heavy atom. The summed E-state index contributed by atoms with van der Waals surface area (Å²) in [6.45, 7) is 1.05. The number of aromatic nitrogens is 1. The highest BCUT2D eigenvalue weighted by molar-refractivity contribution is 9.10. The third-order valence-corrected chi connectivity index (χ3v) is 4.51. The van der Waals surface area contributed by atoms with Crippen molar-refractivity contribution in [2.24, 2.45) is 4.99 Å². The maximum Gasteiger partial charge on any atom is 0.434 e. The number of guanidine groups is 1. The van der Waals surface area contributed by atoms with E-state index in [0.29, 0.717) is 30.5 Å². The Balaban J connectivity index is 1.77. The predicted octanol–water partition coefficient (Wildman–Crippen LogP) is 3.83. The SMILES string of the molecule is CN=C(NCCc1nc(C(F)(F)F)cs1)NCc1ccc(Br)cc1. The highest BCUT2D eigenvalue weighted by Crippen LogP contribution is 2.29. The Morgan fingerprint density at radius 1 is 1.25 bits per heavy atom. The van der Waals surface area contributed by atoms with E-state index < -0.39 is 11.9 Å². The molecule has 130 valence electrons. The van der Waals surface area contributed by atoms with Crippen molar-refractivity contribution >= 4 is 33.2 Å². The topological polar surface area (TPSA) is 49.3 Å². The standard InChI is InChI=1S/C15H16BrF3N4S/c1-20-14(22-8-10-2-4-11(16)5-3-10)21-7-6-13-23-12(9-24-13)15(17,18)19/h2-5,9H,6-8H2,1H3,(H2,20,21,22). The molecule has 1 aromatic carbocycles. The van der Waals surface area contributed by atoms with E-state index in [1.54, 1.807) is 7.05 Å². The van der Waals surface area contributed by atoms with Crippen LogP contribution in [-0.2, 0) is 19.1 Å². The van der Waals surface area contributed by atoms with Gasteiger partial charge in [0.05, 0.1) is 5.01 Å². The van der Waals surface area contributed by atoms with Crippen LogP contribution in [0.2, 0.25) is 0 Å². The van der Waals surface area contributed by atoms with Crippen molar-refractivity contribution in [3.8, 4) is 0 Å². The van der Waals surface area contributed by atoms with Gasteiger partial charge in [-0.25, -0.2) is 4.98 Å². The van der Waals surface area contributed by atoms with E-state index in [1.165, 1.54) is 0 Å². The van der Waals surface area contributed by atoms with E-state index in [9.17, 15) is 13.2 Å². The number of alkyl halides is 3. The molecule has 0 unspecified atom stereocenters. The normalized spacial score (nSPS) is 12.3. The minimum absolute atomic E-state index is 0.403. The van der Waals surface area contributed by atoms with Crippen LogP contribution in [0.4, 0.5) is 13.2 Å². The van der Waals surface area contributed by atoms with Crippen molar-refractivity contribution in [2.45, 2.75) is 19.1 Å². The summed E-state index contributed by atoms with van der Waals surface area (Å²) in [6.07, 6.45) is -3.98. The van der Waals surface area contributed by atoms with E-state index in [0.717, 1.165) is 26.8 Å². The number of benzene rings is 1. The largest absolute Gasteiger partial charge is 0.434 e. The minimum atomic E-state index is -4.38. The molecule has 0 aliphatic rings. The number of hydrogen-bond acceptors (Lipinski definition) is 3. The van der Waals surface area contributed by atoms with Gasteiger partial charge in [-0.15, -0.1) is 11.3 Å². The van der Waals surface area contributed by atoms with Crippen molar-refractivity contribution in [2.75, 3.05) is 13.6 Å². The van der Waals surface area contributed by atoms with Crippen LogP contribution in [0.5, 0.6) is 0 Å². The van der Waals surface area contributed by atoms with Crippen LogP contribution in [0.3, 0.4) is 0 Å². The smallest absolute Gasteiger partial charge is 0.356 e. The van der Waals surface area contributed by atoms with Crippen LogP contribution in [-0.4, -0.2) is 24.5 Å². The van der Waals surface area contributed by atoms with Gasteiger partial charge in [-0.2, -0.15) is 13.2 Å². The van der Waals surface area contributed by atoms with Crippen molar-refractivity contribution in [3.05, 3.63) is 50.4 Å². The van der Waals surface area contributed by atoms with Crippen LogP contribution in [0, 0.1) is 0 Å². The van der Waals surface area contributed by atoms with Gasteiger partial charge in [0.25, 0.3) is 0 Å². The van der Waals surface area contributed by atoms with Gasteiger partial charge in [0.2, 0.25) is 0 Å². The first-order valence-electron chi connectivity index (χ1n) is 7.09. The zero-order chi connectivity index (χ0) is 17.6. The molecule has 0 atom stereocenters. The van der Waals surface area contributed by atoms with Gasteiger partial charge < -0.3 is 10.6 Å². The van der Waals surface area contributed by atoms with Crippen LogP contribution < -0.4 is 10.6 Å².